The predicted molar refractivity (Wildman–Crippen MR) is 47.9 cm³/mol. The van der Waals surface area contributed by atoms with Crippen molar-refractivity contribution in [3.63, 3.8) is 0 Å². The highest BCUT2D eigenvalue weighted by Crippen LogP contribution is 2.27. The molecule has 4 nitrogen and oxygen atoms in total. The summed E-state index contributed by atoms with van der Waals surface area (Å²) >= 11 is 0. The molecule has 1 aliphatic heterocycles. The largest absolute Gasteiger partial charge is 0.390 e. The van der Waals surface area contributed by atoms with Crippen molar-refractivity contribution in [2.24, 2.45) is 5.73 Å². The molecule has 0 aliphatic carbocycles. The maximum Gasteiger partial charge on any atom is 0.249 e. The van der Waals surface area contributed by atoms with E-state index in [1.165, 1.54) is 0 Å². The third-order valence-electron chi connectivity index (χ3n) is 2.05. The van der Waals surface area contributed by atoms with Crippen molar-refractivity contribution >= 4 is 5.91 Å². The van der Waals surface area contributed by atoms with Crippen LogP contribution in [-0.2, 0) is 9.53 Å². The van der Waals surface area contributed by atoms with E-state index in [4.69, 9.17) is 10.5 Å². The van der Waals surface area contributed by atoms with Gasteiger partial charge in [-0.2, -0.15) is 0 Å². The summed E-state index contributed by atoms with van der Waals surface area (Å²) < 4.78 is 4.92. The van der Waals surface area contributed by atoms with Crippen LogP contribution in [0.1, 0.15) is 19.8 Å². The Balaban J connectivity index is 2.19. The molecule has 0 spiro atoms. The minimum Gasteiger partial charge on any atom is -0.390 e. The van der Waals surface area contributed by atoms with Crippen LogP contribution in [0.15, 0.2) is 12.2 Å². The Morgan fingerprint density at radius 2 is 2.46 bits per heavy atom. The van der Waals surface area contributed by atoms with Crippen LogP contribution in [0.5, 0.6) is 0 Å². The Hall–Kier alpha value is -0.870. The molecule has 0 saturated carbocycles. The molecule has 0 radical (unpaired) electrons. The van der Waals surface area contributed by atoms with Crippen LogP contribution in [-0.4, -0.2) is 29.3 Å². The number of epoxide rings is 1. The predicted octanol–water partition coefficient (Wildman–Crippen LogP) is -0.0437. The van der Waals surface area contributed by atoms with Crippen molar-refractivity contribution in [2.45, 2.75) is 38.1 Å². The number of allylic oxidation sites excluding steroid dienone is 2. The van der Waals surface area contributed by atoms with Gasteiger partial charge in [0, 0.05) is 0 Å². The van der Waals surface area contributed by atoms with E-state index in [9.17, 15) is 9.90 Å². The number of aliphatic hydroxyl groups is 1. The fourth-order valence-corrected chi connectivity index (χ4v) is 1.24. The molecule has 1 aliphatic rings. The Kier molecular flexibility index (Phi) is 3.45. The van der Waals surface area contributed by atoms with E-state index < -0.39 is 18.1 Å². The third-order valence-corrected chi connectivity index (χ3v) is 2.05. The van der Waals surface area contributed by atoms with Crippen molar-refractivity contribution in [3.8, 4) is 0 Å². The van der Waals surface area contributed by atoms with E-state index in [-0.39, 0.29) is 6.10 Å². The standard InChI is InChI=1S/C9H15NO3/c1-2-3-4-5-6(11)7-8(13-7)9(10)12/h2-3,6-8,11H,4-5H2,1H3,(H2,10,12)/b3-2+/t6-,7-,8-/m1/s1. The molecule has 1 saturated heterocycles. The summed E-state index contributed by atoms with van der Waals surface area (Å²) in [7, 11) is 0. The van der Waals surface area contributed by atoms with Crippen LogP contribution in [0.25, 0.3) is 0 Å². The summed E-state index contributed by atoms with van der Waals surface area (Å²) in [6, 6.07) is 0. The molecule has 1 heterocycles. The maximum atomic E-state index is 10.6. The number of aliphatic hydroxyl groups excluding tert-OH is 1. The SMILES string of the molecule is C/C=C/CC[C@@H](O)[C@H]1O[C@H]1C(N)=O. The van der Waals surface area contributed by atoms with Gasteiger partial charge < -0.3 is 15.6 Å². The quantitative estimate of drug-likeness (QED) is 0.466. The monoisotopic (exact) mass is 185 g/mol. The van der Waals surface area contributed by atoms with E-state index in [0.29, 0.717) is 6.42 Å². The van der Waals surface area contributed by atoms with Gasteiger partial charge in [-0.05, 0) is 19.8 Å². The van der Waals surface area contributed by atoms with Gasteiger partial charge in [0.2, 0.25) is 5.91 Å². The minimum atomic E-state index is -0.575. The Morgan fingerprint density at radius 3 is 2.92 bits per heavy atom. The first-order valence-corrected chi connectivity index (χ1v) is 4.40. The fourth-order valence-electron chi connectivity index (χ4n) is 1.24. The average molecular weight is 185 g/mol. The first-order valence-electron chi connectivity index (χ1n) is 4.40. The maximum absolute atomic E-state index is 10.6. The summed E-state index contributed by atoms with van der Waals surface area (Å²) in [6.45, 7) is 1.92. The van der Waals surface area contributed by atoms with E-state index in [2.05, 4.69) is 0 Å². The van der Waals surface area contributed by atoms with E-state index in [0.717, 1.165) is 6.42 Å². The van der Waals surface area contributed by atoms with Crippen LogP contribution < -0.4 is 5.73 Å². The van der Waals surface area contributed by atoms with Gasteiger partial charge in [-0.25, -0.2) is 0 Å². The topological polar surface area (TPSA) is 75.8 Å². The number of nitrogens with two attached hydrogens (primary N) is 1. The number of primary amides is 1. The van der Waals surface area contributed by atoms with Gasteiger partial charge in [0.25, 0.3) is 0 Å². The smallest absolute Gasteiger partial charge is 0.249 e. The van der Waals surface area contributed by atoms with Gasteiger partial charge in [-0.1, -0.05) is 12.2 Å². The second-order valence-corrected chi connectivity index (χ2v) is 3.14. The zero-order valence-electron chi connectivity index (χ0n) is 7.64. The molecule has 0 aromatic rings. The summed E-state index contributed by atoms with van der Waals surface area (Å²) in [6.07, 6.45) is 3.77. The van der Waals surface area contributed by atoms with Gasteiger partial charge >= 0.3 is 0 Å². The number of ether oxygens (including phenoxy) is 1. The zero-order chi connectivity index (χ0) is 9.84. The number of hydrogen-bond acceptors (Lipinski definition) is 3. The Morgan fingerprint density at radius 1 is 1.77 bits per heavy atom. The molecule has 1 amide bonds. The van der Waals surface area contributed by atoms with Gasteiger partial charge in [-0.15, -0.1) is 0 Å². The molecule has 13 heavy (non-hydrogen) atoms. The lowest BCUT2D eigenvalue weighted by Gasteiger charge is -2.03. The van der Waals surface area contributed by atoms with Crippen molar-refractivity contribution in [1.82, 2.24) is 0 Å². The van der Waals surface area contributed by atoms with Gasteiger partial charge in [0.1, 0.15) is 6.10 Å². The van der Waals surface area contributed by atoms with E-state index in [1.807, 2.05) is 19.1 Å². The lowest BCUT2D eigenvalue weighted by Crippen LogP contribution is -2.25. The minimum absolute atomic E-state index is 0.372. The molecule has 0 aromatic carbocycles. The summed E-state index contributed by atoms with van der Waals surface area (Å²) in [5.74, 6) is -0.491. The van der Waals surface area contributed by atoms with Crippen molar-refractivity contribution < 1.29 is 14.6 Å². The van der Waals surface area contributed by atoms with Crippen molar-refractivity contribution in [2.75, 3.05) is 0 Å². The molecule has 4 heteroatoms. The Bertz CT molecular complexity index is 215. The molecule has 3 atom stereocenters. The molecule has 0 unspecified atom stereocenters. The molecule has 3 N–H and O–H groups in total. The van der Waals surface area contributed by atoms with Crippen LogP contribution in [0.3, 0.4) is 0 Å². The van der Waals surface area contributed by atoms with Crippen LogP contribution in [0.4, 0.5) is 0 Å². The molecule has 1 rings (SSSR count). The number of carbonyl (C=O) groups excluding carboxylic acids is 1. The second-order valence-electron chi connectivity index (χ2n) is 3.14. The molecule has 0 aromatic heterocycles. The third kappa shape index (κ3) is 2.82. The number of rotatable bonds is 5. The summed E-state index contributed by atoms with van der Waals surface area (Å²) in [4.78, 5) is 10.6. The average Bonchev–Trinajstić information content (AvgIpc) is 2.83. The summed E-state index contributed by atoms with van der Waals surface area (Å²) in [5, 5.41) is 9.47. The first-order chi connectivity index (χ1) is 6.16. The normalized spacial score (nSPS) is 29.1. The highest BCUT2D eigenvalue weighted by atomic mass is 16.6. The summed E-state index contributed by atoms with van der Waals surface area (Å²) in [5.41, 5.74) is 4.99. The second kappa shape index (κ2) is 4.39. The molecular formula is C9H15NO3. The van der Waals surface area contributed by atoms with Crippen LogP contribution in [0, 0.1) is 0 Å². The van der Waals surface area contributed by atoms with Crippen LogP contribution >= 0.6 is 0 Å². The lowest BCUT2D eigenvalue weighted by atomic mass is 10.1. The Labute approximate surface area is 77.4 Å². The lowest BCUT2D eigenvalue weighted by molar-refractivity contribution is -0.119. The van der Waals surface area contributed by atoms with Gasteiger partial charge in [0.05, 0.1) is 6.10 Å². The number of carbonyl (C=O) groups is 1. The molecule has 0 bridgehead atoms. The van der Waals surface area contributed by atoms with Gasteiger partial charge in [-0.3, -0.25) is 4.79 Å². The van der Waals surface area contributed by atoms with Crippen molar-refractivity contribution in [1.29, 1.82) is 0 Å². The first kappa shape index (κ1) is 10.2. The zero-order valence-corrected chi connectivity index (χ0v) is 7.64. The number of hydrogen-bond donors (Lipinski definition) is 2. The molecule has 1 fully saturated rings. The van der Waals surface area contributed by atoms with Gasteiger partial charge in [0.15, 0.2) is 6.10 Å². The van der Waals surface area contributed by atoms with Crippen LogP contribution in [0.2, 0.25) is 0 Å². The highest BCUT2D eigenvalue weighted by molar-refractivity contribution is 5.81. The van der Waals surface area contributed by atoms with E-state index >= 15 is 0 Å². The number of amides is 1. The van der Waals surface area contributed by atoms with E-state index in [1.54, 1.807) is 0 Å². The van der Waals surface area contributed by atoms with Crippen molar-refractivity contribution in [3.05, 3.63) is 12.2 Å². The fraction of sp³-hybridized carbons (Fsp3) is 0.667. The molecule has 74 valence electrons. The molecular weight excluding hydrogens is 170 g/mol. The highest BCUT2D eigenvalue weighted by Gasteiger charge is 2.47.